The monoisotopic (exact) mass is 357 g/mol. The zero-order valence-electron chi connectivity index (χ0n) is 13.8. The average Bonchev–Trinajstić information content (AvgIpc) is 2.39. The lowest BCUT2D eigenvalue weighted by molar-refractivity contribution is 0.329. The maximum Gasteiger partial charge on any atom is 0.335 e. The molecule has 0 aliphatic rings. The van der Waals surface area contributed by atoms with Crippen LogP contribution in [0.1, 0.15) is 64.7 Å². The summed E-state index contributed by atoms with van der Waals surface area (Å²) in [5.41, 5.74) is 5.44. The first kappa shape index (κ1) is 22.3. The molecule has 1 atom stereocenters. The van der Waals surface area contributed by atoms with Gasteiger partial charge in [-0.05, 0) is 26.3 Å². The van der Waals surface area contributed by atoms with Crippen molar-refractivity contribution in [2.24, 2.45) is 5.73 Å². The molecule has 0 aromatic carbocycles. The minimum atomic E-state index is -4.29. The smallest absolute Gasteiger partial charge is 0.330 e. The molecule has 0 aliphatic carbocycles. The summed E-state index contributed by atoms with van der Waals surface area (Å²) < 4.78 is 28.5. The number of unbranched alkanes of at least 4 members (excludes halogenated alkanes) is 8. The fourth-order valence-electron chi connectivity index (χ4n) is 2.43. The highest BCUT2D eigenvalue weighted by Gasteiger charge is 2.31. The Morgan fingerprint density at radius 1 is 0.864 bits per heavy atom. The van der Waals surface area contributed by atoms with Gasteiger partial charge in [-0.1, -0.05) is 44.9 Å². The average molecular weight is 357 g/mol. The molecule has 0 unspecified atom stereocenters. The Morgan fingerprint density at radius 2 is 1.32 bits per heavy atom. The molecule has 0 rings (SSSR count). The van der Waals surface area contributed by atoms with E-state index in [-0.39, 0.29) is 12.8 Å². The summed E-state index contributed by atoms with van der Waals surface area (Å²) in [5.74, 6) is -0.630. The second kappa shape index (κ2) is 12.7. The summed E-state index contributed by atoms with van der Waals surface area (Å²) in [6.07, 6.45) is 10.1. The van der Waals surface area contributed by atoms with E-state index in [4.69, 9.17) is 20.0 Å². The predicted octanol–water partition coefficient (Wildman–Crippen LogP) is 3.91. The van der Waals surface area contributed by atoms with Crippen LogP contribution in [0.4, 0.5) is 0 Å². The van der Waals surface area contributed by atoms with E-state index in [1.807, 2.05) is 0 Å². The Bertz CT molecular complexity index is 359. The van der Waals surface area contributed by atoms with Crippen LogP contribution in [0.2, 0.25) is 0 Å². The third kappa shape index (κ3) is 13.9. The first-order valence-corrected chi connectivity index (χ1v) is 12.1. The lowest BCUT2D eigenvalue weighted by Gasteiger charge is -2.18. The quantitative estimate of drug-likeness (QED) is 0.303. The van der Waals surface area contributed by atoms with Crippen LogP contribution in [0.3, 0.4) is 0 Å². The summed E-state index contributed by atoms with van der Waals surface area (Å²) in [5, 5.41) is 0. The van der Waals surface area contributed by atoms with E-state index in [1.54, 1.807) is 6.92 Å². The number of rotatable bonds is 15. The van der Waals surface area contributed by atoms with Gasteiger partial charge in [0.1, 0.15) is 5.90 Å². The van der Waals surface area contributed by atoms with Gasteiger partial charge in [0.25, 0.3) is 0 Å². The molecule has 6 nitrogen and oxygen atoms in total. The zero-order valence-corrected chi connectivity index (χ0v) is 15.6. The molecule has 0 spiro atoms. The highest BCUT2D eigenvalue weighted by atomic mass is 31.2. The highest BCUT2D eigenvalue weighted by molar-refractivity contribution is 7.73. The standard InChI is InChI=1S/C14H33NO5P2/c1-2-20-21(16,14-22(17,18)19)13-11-9-7-5-3-4-6-8-10-12-15/h2-15H2,1H3,(H2,17,18,19)/t21-/m1/s1. The maximum absolute atomic E-state index is 12.3. The Morgan fingerprint density at radius 3 is 1.73 bits per heavy atom. The number of hydrogen-bond donors (Lipinski definition) is 3. The lowest BCUT2D eigenvalue weighted by Crippen LogP contribution is -2.01. The molecule has 0 fully saturated rings. The predicted molar refractivity (Wildman–Crippen MR) is 91.6 cm³/mol. The van der Waals surface area contributed by atoms with Gasteiger partial charge in [0, 0.05) is 6.16 Å². The van der Waals surface area contributed by atoms with Crippen molar-refractivity contribution in [1.29, 1.82) is 0 Å². The van der Waals surface area contributed by atoms with Crippen molar-refractivity contribution < 1.29 is 23.4 Å². The molecule has 0 heterocycles. The molecule has 0 amide bonds. The molecule has 4 N–H and O–H groups in total. The van der Waals surface area contributed by atoms with Crippen molar-refractivity contribution in [3.63, 3.8) is 0 Å². The van der Waals surface area contributed by atoms with Crippen molar-refractivity contribution in [2.75, 3.05) is 25.2 Å². The maximum atomic E-state index is 12.3. The molecule has 0 aromatic rings. The van der Waals surface area contributed by atoms with E-state index in [1.165, 1.54) is 25.7 Å². The molecule has 8 heteroatoms. The Kier molecular flexibility index (Phi) is 12.9. The summed E-state index contributed by atoms with van der Waals surface area (Å²) in [7, 11) is -7.48. The van der Waals surface area contributed by atoms with E-state index >= 15 is 0 Å². The van der Waals surface area contributed by atoms with E-state index in [0.29, 0.717) is 6.42 Å². The minimum Gasteiger partial charge on any atom is -0.330 e. The van der Waals surface area contributed by atoms with Gasteiger partial charge >= 0.3 is 7.60 Å². The highest BCUT2D eigenvalue weighted by Crippen LogP contribution is 2.58. The number of hydrogen-bond acceptors (Lipinski definition) is 4. The molecular weight excluding hydrogens is 324 g/mol. The van der Waals surface area contributed by atoms with E-state index in [9.17, 15) is 9.13 Å². The van der Waals surface area contributed by atoms with Gasteiger partial charge in [0.05, 0.1) is 6.61 Å². The topological polar surface area (TPSA) is 110 Å². The van der Waals surface area contributed by atoms with Crippen LogP contribution in [0.25, 0.3) is 0 Å². The van der Waals surface area contributed by atoms with Crippen molar-refractivity contribution in [3.05, 3.63) is 0 Å². The minimum absolute atomic E-state index is 0.222. The third-order valence-corrected chi connectivity index (χ3v) is 8.39. The van der Waals surface area contributed by atoms with Crippen molar-refractivity contribution in [3.8, 4) is 0 Å². The van der Waals surface area contributed by atoms with E-state index in [2.05, 4.69) is 0 Å². The first-order valence-electron chi connectivity index (χ1n) is 8.30. The molecule has 22 heavy (non-hydrogen) atoms. The van der Waals surface area contributed by atoms with Crippen LogP contribution in [0.5, 0.6) is 0 Å². The van der Waals surface area contributed by atoms with Crippen LogP contribution < -0.4 is 5.73 Å². The zero-order chi connectivity index (χ0) is 16.9. The fraction of sp³-hybridized carbons (Fsp3) is 1.00. The van der Waals surface area contributed by atoms with Gasteiger partial charge in [-0.25, -0.2) is 0 Å². The van der Waals surface area contributed by atoms with Crippen molar-refractivity contribution in [1.82, 2.24) is 0 Å². The van der Waals surface area contributed by atoms with Crippen LogP contribution in [-0.2, 0) is 13.7 Å². The molecule has 134 valence electrons. The lowest BCUT2D eigenvalue weighted by atomic mass is 10.1. The van der Waals surface area contributed by atoms with Gasteiger partial charge in [-0.3, -0.25) is 9.13 Å². The molecule has 0 saturated heterocycles. The Balaban J connectivity index is 3.73. The summed E-state index contributed by atoms with van der Waals surface area (Å²) in [6, 6.07) is 0. The van der Waals surface area contributed by atoms with Crippen LogP contribution in [0, 0.1) is 0 Å². The molecule has 0 saturated carbocycles. The second-order valence-electron chi connectivity index (χ2n) is 5.73. The van der Waals surface area contributed by atoms with E-state index in [0.717, 1.165) is 32.2 Å². The van der Waals surface area contributed by atoms with Crippen LogP contribution >= 0.6 is 15.0 Å². The molecule has 0 aliphatic heterocycles. The van der Waals surface area contributed by atoms with Gasteiger partial charge in [-0.15, -0.1) is 0 Å². The van der Waals surface area contributed by atoms with Crippen molar-refractivity contribution >= 4 is 15.0 Å². The van der Waals surface area contributed by atoms with Gasteiger partial charge in [0.2, 0.25) is 7.37 Å². The fourth-order valence-corrected chi connectivity index (χ4v) is 6.87. The Labute approximate surface area is 134 Å². The summed E-state index contributed by atoms with van der Waals surface area (Å²) in [6.45, 7) is 2.69. The van der Waals surface area contributed by atoms with Crippen LogP contribution in [-0.4, -0.2) is 35.0 Å². The normalized spacial score (nSPS) is 14.9. The summed E-state index contributed by atoms with van der Waals surface area (Å²) in [4.78, 5) is 18.0. The van der Waals surface area contributed by atoms with Crippen molar-refractivity contribution in [2.45, 2.75) is 64.7 Å². The molecule has 0 bridgehead atoms. The van der Waals surface area contributed by atoms with Gasteiger partial charge < -0.3 is 20.0 Å². The van der Waals surface area contributed by atoms with E-state index < -0.39 is 20.9 Å². The first-order chi connectivity index (χ1) is 10.3. The summed E-state index contributed by atoms with van der Waals surface area (Å²) >= 11 is 0. The molecule has 0 aromatic heterocycles. The number of nitrogens with two attached hydrogens (primary N) is 1. The largest absolute Gasteiger partial charge is 0.335 e. The SMILES string of the molecule is CCO[P@](=O)(CCCCCCCCCCCN)CP(=O)(O)O. The second-order valence-corrected chi connectivity index (χ2v) is 10.5. The molecule has 0 radical (unpaired) electrons. The van der Waals surface area contributed by atoms with Gasteiger partial charge in [0.15, 0.2) is 0 Å². The third-order valence-electron chi connectivity index (χ3n) is 3.47. The molecular formula is C14H33NO5P2. The van der Waals surface area contributed by atoms with Gasteiger partial charge in [-0.2, -0.15) is 0 Å². The Hall–Kier alpha value is 0.300. The van der Waals surface area contributed by atoms with Crippen LogP contribution in [0.15, 0.2) is 0 Å².